The number of hydrogen-bond acceptors (Lipinski definition) is 4. The van der Waals surface area contributed by atoms with Crippen molar-refractivity contribution in [3.63, 3.8) is 0 Å². The third kappa shape index (κ3) is 2.96. The van der Waals surface area contributed by atoms with Gasteiger partial charge in [0.1, 0.15) is 5.52 Å². The molecule has 0 unspecified atom stereocenters. The van der Waals surface area contributed by atoms with Crippen molar-refractivity contribution in [2.75, 3.05) is 6.61 Å². The lowest BCUT2D eigenvalue weighted by atomic mass is 10.0. The lowest BCUT2D eigenvalue weighted by Gasteiger charge is -2.10. The SMILES string of the molecule is CCOc1ncccc1-c1[nH]c2nccnc2c1Cc1ccccc1. The summed E-state index contributed by atoms with van der Waals surface area (Å²) in [6.45, 7) is 2.52. The minimum Gasteiger partial charge on any atom is -0.477 e. The molecule has 1 N–H and O–H groups in total. The first-order chi connectivity index (χ1) is 12.4. The second-order valence-electron chi connectivity index (χ2n) is 5.68. The standard InChI is InChI=1S/C20H18N4O/c1-2-25-20-15(9-6-10-23-20)17-16(13-14-7-4-3-5-8-14)18-19(24-17)22-12-11-21-18/h3-12H,2,13H2,1H3,(H,22,24). The van der Waals surface area contributed by atoms with Gasteiger partial charge in [0.25, 0.3) is 0 Å². The topological polar surface area (TPSA) is 63.7 Å². The molecule has 0 atom stereocenters. The Morgan fingerprint density at radius 1 is 0.920 bits per heavy atom. The summed E-state index contributed by atoms with van der Waals surface area (Å²) in [7, 11) is 0. The number of rotatable bonds is 5. The number of hydrogen-bond donors (Lipinski definition) is 1. The van der Waals surface area contributed by atoms with Crippen LogP contribution < -0.4 is 4.74 Å². The van der Waals surface area contributed by atoms with Crippen LogP contribution in [0.25, 0.3) is 22.4 Å². The average molecular weight is 330 g/mol. The molecule has 5 heteroatoms. The third-order valence-corrected chi connectivity index (χ3v) is 4.07. The summed E-state index contributed by atoms with van der Waals surface area (Å²) in [6, 6.07) is 14.3. The van der Waals surface area contributed by atoms with Gasteiger partial charge in [-0.3, -0.25) is 4.98 Å². The second-order valence-corrected chi connectivity index (χ2v) is 5.68. The summed E-state index contributed by atoms with van der Waals surface area (Å²) in [6.07, 6.45) is 5.92. The zero-order valence-corrected chi connectivity index (χ0v) is 13.9. The molecule has 5 nitrogen and oxygen atoms in total. The van der Waals surface area contributed by atoms with Gasteiger partial charge in [-0.2, -0.15) is 0 Å². The highest BCUT2D eigenvalue weighted by Crippen LogP contribution is 2.34. The van der Waals surface area contributed by atoms with E-state index in [1.807, 2.05) is 37.3 Å². The van der Waals surface area contributed by atoms with Crippen molar-refractivity contribution in [1.29, 1.82) is 0 Å². The Kier molecular flexibility index (Phi) is 4.12. The Labute approximate surface area is 145 Å². The highest BCUT2D eigenvalue weighted by molar-refractivity contribution is 5.86. The molecule has 0 saturated heterocycles. The molecule has 0 spiro atoms. The Morgan fingerprint density at radius 3 is 2.60 bits per heavy atom. The van der Waals surface area contributed by atoms with E-state index in [1.54, 1.807) is 18.6 Å². The Balaban J connectivity index is 1.90. The molecule has 0 radical (unpaired) electrons. The maximum Gasteiger partial charge on any atom is 0.222 e. The molecule has 124 valence electrons. The van der Waals surface area contributed by atoms with Crippen molar-refractivity contribution in [1.82, 2.24) is 19.9 Å². The van der Waals surface area contributed by atoms with Crippen LogP contribution >= 0.6 is 0 Å². The zero-order chi connectivity index (χ0) is 17.1. The monoisotopic (exact) mass is 330 g/mol. The van der Waals surface area contributed by atoms with Crippen LogP contribution in [0.5, 0.6) is 5.88 Å². The van der Waals surface area contributed by atoms with Gasteiger partial charge < -0.3 is 9.72 Å². The number of ether oxygens (including phenoxy) is 1. The van der Waals surface area contributed by atoms with E-state index in [-0.39, 0.29) is 0 Å². The highest BCUT2D eigenvalue weighted by atomic mass is 16.5. The first kappa shape index (κ1) is 15.3. The Morgan fingerprint density at radius 2 is 1.76 bits per heavy atom. The molecule has 1 aromatic carbocycles. The molecule has 3 heterocycles. The molecule has 3 aromatic heterocycles. The number of aromatic amines is 1. The minimum atomic E-state index is 0.564. The molecule has 25 heavy (non-hydrogen) atoms. The number of pyridine rings is 1. The second kappa shape index (κ2) is 6.73. The van der Waals surface area contributed by atoms with Crippen LogP contribution in [0.1, 0.15) is 18.1 Å². The van der Waals surface area contributed by atoms with Crippen LogP contribution in [0, 0.1) is 0 Å². The first-order valence-corrected chi connectivity index (χ1v) is 8.30. The van der Waals surface area contributed by atoms with E-state index < -0.39 is 0 Å². The molecule has 0 bridgehead atoms. The van der Waals surface area contributed by atoms with Gasteiger partial charge in [0.2, 0.25) is 5.88 Å². The molecule has 0 aliphatic carbocycles. The predicted octanol–water partition coefficient (Wildman–Crippen LogP) is 4.01. The number of aromatic nitrogens is 4. The summed E-state index contributed by atoms with van der Waals surface area (Å²) >= 11 is 0. The fraction of sp³-hybridized carbons (Fsp3) is 0.150. The number of nitrogens with zero attached hydrogens (tertiary/aromatic N) is 3. The fourth-order valence-corrected chi connectivity index (χ4v) is 3.00. The van der Waals surface area contributed by atoms with Crippen LogP contribution in [-0.2, 0) is 6.42 Å². The van der Waals surface area contributed by atoms with E-state index in [0.29, 0.717) is 12.5 Å². The molecule has 0 fully saturated rings. The summed E-state index contributed by atoms with van der Waals surface area (Å²) < 4.78 is 5.72. The van der Waals surface area contributed by atoms with Crippen molar-refractivity contribution in [2.45, 2.75) is 13.3 Å². The number of H-pyrrole nitrogens is 1. The van der Waals surface area contributed by atoms with Gasteiger partial charge in [0.05, 0.1) is 17.9 Å². The maximum atomic E-state index is 5.72. The molecular formula is C20H18N4O. The van der Waals surface area contributed by atoms with E-state index >= 15 is 0 Å². The summed E-state index contributed by atoms with van der Waals surface area (Å²) in [5, 5.41) is 0. The Bertz CT molecular complexity index is 995. The molecular weight excluding hydrogens is 312 g/mol. The van der Waals surface area contributed by atoms with Gasteiger partial charge in [-0.1, -0.05) is 30.3 Å². The van der Waals surface area contributed by atoms with Crippen LogP contribution in [0.15, 0.2) is 61.1 Å². The fourth-order valence-electron chi connectivity index (χ4n) is 3.00. The van der Waals surface area contributed by atoms with E-state index in [1.165, 1.54) is 5.56 Å². The minimum absolute atomic E-state index is 0.564. The van der Waals surface area contributed by atoms with Crippen LogP contribution in [0.2, 0.25) is 0 Å². The van der Waals surface area contributed by atoms with Crippen LogP contribution in [0.4, 0.5) is 0 Å². The third-order valence-electron chi connectivity index (χ3n) is 4.07. The Hall–Kier alpha value is -3.21. The van der Waals surface area contributed by atoms with E-state index in [9.17, 15) is 0 Å². The average Bonchev–Trinajstić information content (AvgIpc) is 3.02. The zero-order valence-electron chi connectivity index (χ0n) is 13.9. The van der Waals surface area contributed by atoms with E-state index in [4.69, 9.17) is 4.74 Å². The van der Waals surface area contributed by atoms with Gasteiger partial charge in [0.15, 0.2) is 5.65 Å². The van der Waals surface area contributed by atoms with Crippen molar-refractivity contribution in [3.05, 3.63) is 72.2 Å². The van der Waals surface area contributed by atoms with Gasteiger partial charge in [0, 0.05) is 30.6 Å². The largest absolute Gasteiger partial charge is 0.477 e. The molecule has 0 amide bonds. The summed E-state index contributed by atoms with van der Waals surface area (Å²) in [5.74, 6) is 0.617. The van der Waals surface area contributed by atoms with E-state index in [2.05, 4.69) is 32.1 Å². The van der Waals surface area contributed by atoms with Crippen molar-refractivity contribution < 1.29 is 4.74 Å². The van der Waals surface area contributed by atoms with Gasteiger partial charge in [-0.15, -0.1) is 0 Å². The van der Waals surface area contributed by atoms with E-state index in [0.717, 1.165) is 34.4 Å². The summed E-state index contributed by atoms with van der Waals surface area (Å²) in [5.41, 5.74) is 5.86. The smallest absolute Gasteiger partial charge is 0.222 e. The van der Waals surface area contributed by atoms with Crippen LogP contribution in [-0.4, -0.2) is 26.5 Å². The molecule has 0 saturated carbocycles. The molecule has 4 aromatic rings. The molecule has 4 rings (SSSR count). The van der Waals surface area contributed by atoms with Gasteiger partial charge in [-0.05, 0) is 24.6 Å². The number of fused-ring (bicyclic) bond motifs is 1. The van der Waals surface area contributed by atoms with Crippen LogP contribution in [0.3, 0.4) is 0 Å². The number of benzene rings is 1. The molecule has 0 aliphatic rings. The number of nitrogens with one attached hydrogen (secondary N) is 1. The van der Waals surface area contributed by atoms with Crippen molar-refractivity contribution in [3.8, 4) is 17.1 Å². The first-order valence-electron chi connectivity index (χ1n) is 8.30. The normalized spacial score (nSPS) is 10.9. The maximum absolute atomic E-state index is 5.72. The lowest BCUT2D eigenvalue weighted by Crippen LogP contribution is -1.98. The summed E-state index contributed by atoms with van der Waals surface area (Å²) in [4.78, 5) is 16.8. The van der Waals surface area contributed by atoms with Gasteiger partial charge >= 0.3 is 0 Å². The molecule has 0 aliphatic heterocycles. The lowest BCUT2D eigenvalue weighted by molar-refractivity contribution is 0.328. The van der Waals surface area contributed by atoms with Crippen molar-refractivity contribution in [2.24, 2.45) is 0 Å². The highest BCUT2D eigenvalue weighted by Gasteiger charge is 2.18. The predicted molar refractivity (Wildman–Crippen MR) is 97.5 cm³/mol. The quantitative estimate of drug-likeness (QED) is 0.600. The van der Waals surface area contributed by atoms with Crippen molar-refractivity contribution >= 4 is 11.2 Å². The van der Waals surface area contributed by atoms with Gasteiger partial charge in [-0.25, -0.2) is 9.97 Å².